The molecule has 0 amide bonds. The monoisotopic (exact) mass is 294 g/mol. The van der Waals surface area contributed by atoms with Gasteiger partial charge in [-0.1, -0.05) is 30.3 Å². The lowest BCUT2D eigenvalue weighted by atomic mass is 10.1. The fourth-order valence-corrected chi connectivity index (χ4v) is 2.20. The van der Waals surface area contributed by atoms with Crippen LogP contribution in [0.15, 0.2) is 60.7 Å². The smallest absolute Gasteiger partial charge is 0.354 e. The van der Waals surface area contributed by atoms with Crippen LogP contribution >= 0.6 is 0 Å². The SMILES string of the molecule is COc1ccc(-n2nc(-c3ccccc3)cc2C(=O)O)cc1. The van der Waals surface area contributed by atoms with Crippen molar-refractivity contribution >= 4 is 5.97 Å². The van der Waals surface area contributed by atoms with Crippen LogP contribution in [0.4, 0.5) is 0 Å². The highest BCUT2D eigenvalue weighted by Crippen LogP contribution is 2.22. The standard InChI is InChI=1S/C17H14N2O3/c1-22-14-9-7-13(8-10-14)19-16(17(20)21)11-15(18-19)12-5-3-2-4-6-12/h2-11H,1H3,(H,20,21). The molecule has 110 valence electrons. The molecule has 3 aromatic rings. The van der Waals surface area contributed by atoms with Gasteiger partial charge in [0, 0.05) is 5.56 Å². The van der Waals surface area contributed by atoms with Crippen molar-refractivity contribution < 1.29 is 14.6 Å². The molecule has 0 bridgehead atoms. The summed E-state index contributed by atoms with van der Waals surface area (Å²) >= 11 is 0. The summed E-state index contributed by atoms with van der Waals surface area (Å²) < 4.78 is 6.53. The first-order valence-corrected chi connectivity index (χ1v) is 6.72. The molecule has 0 saturated carbocycles. The summed E-state index contributed by atoms with van der Waals surface area (Å²) in [6.07, 6.45) is 0. The minimum Gasteiger partial charge on any atom is -0.497 e. The van der Waals surface area contributed by atoms with E-state index in [0.717, 1.165) is 5.56 Å². The highest BCUT2D eigenvalue weighted by atomic mass is 16.5. The summed E-state index contributed by atoms with van der Waals surface area (Å²) in [6.45, 7) is 0. The highest BCUT2D eigenvalue weighted by Gasteiger charge is 2.16. The van der Waals surface area contributed by atoms with Crippen LogP contribution in [0.1, 0.15) is 10.5 Å². The quantitative estimate of drug-likeness (QED) is 0.802. The third-order valence-corrected chi connectivity index (χ3v) is 3.32. The Kier molecular flexibility index (Phi) is 3.62. The average Bonchev–Trinajstić information content (AvgIpc) is 3.01. The molecule has 1 N–H and O–H groups in total. The summed E-state index contributed by atoms with van der Waals surface area (Å²) in [4.78, 5) is 11.5. The van der Waals surface area contributed by atoms with Gasteiger partial charge in [0.15, 0.2) is 5.69 Å². The van der Waals surface area contributed by atoms with E-state index < -0.39 is 5.97 Å². The number of aromatic carboxylic acids is 1. The second kappa shape index (κ2) is 5.73. The molecule has 0 aliphatic carbocycles. The largest absolute Gasteiger partial charge is 0.497 e. The maximum atomic E-state index is 11.5. The van der Waals surface area contributed by atoms with Crippen molar-refractivity contribution in [1.82, 2.24) is 9.78 Å². The predicted octanol–water partition coefficient (Wildman–Crippen LogP) is 3.25. The van der Waals surface area contributed by atoms with Gasteiger partial charge in [0.2, 0.25) is 0 Å². The van der Waals surface area contributed by atoms with Gasteiger partial charge in [-0.05, 0) is 30.3 Å². The van der Waals surface area contributed by atoms with Crippen molar-refractivity contribution in [1.29, 1.82) is 0 Å². The van der Waals surface area contributed by atoms with Gasteiger partial charge in [-0.3, -0.25) is 0 Å². The number of benzene rings is 2. The Morgan fingerprint density at radius 2 is 1.77 bits per heavy atom. The summed E-state index contributed by atoms with van der Waals surface area (Å²) in [7, 11) is 1.58. The summed E-state index contributed by atoms with van der Waals surface area (Å²) in [5, 5.41) is 13.8. The summed E-state index contributed by atoms with van der Waals surface area (Å²) in [6, 6.07) is 18.1. The topological polar surface area (TPSA) is 64.4 Å². The molecular weight excluding hydrogens is 280 g/mol. The van der Waals surface area contributed by atoms with Gasteiger partial charge in [0.1, 0.15) is 5.75 Å². The Balaban J connectivity index is 2.09. The van der Waals surface area contributed by atoms with E-state index in [-0.39, 0.29) is 5.69 Å². The molecule has 0 saturated heterocycles. The fourth-order valence-electron chi connectivity index (χ4n) is 2.20. The zero-order valence-electron chi connectivity index (χ0n) is 11.9. The molecule has 5 nitrogen and oxygen atoms in total. The zero-order valence-corrected chi connectivity index (χ0v) is 11.9. The summed E-state index contributed by atoms with van der Waals surface area (Å²) in [5.74, 6) is -0.318. The van der Waals surface area contributed by atoms with Crippen LogP contribution in [-0.2, 0) is 0 Å². The van der Waals surface area contributed by atoms with Crippen LogP contribution in [0.3, 0.4) is 0 Å². The number of hydrogen-bond acceptors (Lipinski definition) is 3. The molecule has 0 atom stereocenters. The molecule has 1 aromatic heterocycles. The van der Waals surface area contributed by atoms with Crippen LogP contribution in [0, 0.1) is 0 Å². The number of carboxylic acid groups (broad SMARTS) is 1. The number of carbonyl (C=O) groups is 1. The van der Waals surface area contributed by atoms with Gasteiger partial charge in [-0.25, -0.2) is 9.48 Å². The molecule has 5 heteroatoms. The van der Waals surface area contributed by atoms with Crippen molar-refractivity contribution in [2.75, 3.05) is 7.11 Å². The highest BCUT2D eigenvalue weighted by molar-refractivity contribution is 5.88. The van der Waals surface area contributed by atoms with Crippen LogP contribution in [0.25, 0.3) is 16.9 Å². The first kappa shape index (κ1) is 13.9. The van der Waals surface area contributed by atoms with E-state index in [4.69, 9.17) is 4.74 Å². The van der Waals surface area contributed by atoms with Crippen molar-refractivity contribution in [3.8, 4) is 22.7 Å². The Bertz CT molecular complexity index is 793. The maximum absolute atomic E-state index is 11.5. The lowest BCUT2D eigenvalue weighted by Crippen LogP contribution is -2.07. The number of aromatic nitrogens is 2. The molecule has 0 fully saturated rings. The van der Waals surface area contributed by atoms with Crippen molar-refractivity contribution in [2.24, 2.45) is 0 Å². The minimum atomic E-state index is -1.02. The van der Waals surface area contributed by atoms with Gasteiger partial charge in [0.25, 0.3) is 0 Å². The Morgan fingerprint density at radius 1 is 1.09 bits per heavy atom. The molecule has 3 rings (SSSR count). The van der Waals surface area contributed by atoms with E-state index in [1.807, 2.05) is 30.3 Å². The fraction of sp³-hybridized carbons (Fsp3) is 0.0588. The second-order valence-corrected chi connectivity index (χ2v) is 4.70. The van der Waals surface area contributed by atoms with Crippen LogP contribution in [0.2, 0.25) is 0 Å². The van der Waals surface area contributed by atoms with E-state index in [2.05, 4.69) is 5.10 Å². The van der Waals surface area contributed by atoms with Crippen LogP contribution in [-0.4, -0.2) is 28.0 Å². The molecule has 0 spiro atoms. The van der Waals surface area contributed by atoms with Crippen LogP contribution < -0.4 is 4.74 Å². The van der Waals surface area contributed by atoms with Crippen molar-refractivity contribution in [3.05, 3.63) is 66.4 Å². The van der Waals surface area contributed by atoms with E-state index in [0.29, 0.717) is 17.1 Å². The van der Waals surface area contributed by atoms with Crippen LogP contribution in [0.5, 0.6) is 5.75 Å². The molecule has 0 radical (unpaired) electrons. The lowest BCUT2D eigenvalue weighted by Gasteiger charge is -2.05. The Hall–Kier alpha value is -3.08. The normalized spacial score (nSPS) is 10.4. The van der Waals surface area contributed by atoms with Crippen molar-refractivity contribution in [3.63, 3.8) is 0 Å². The molecule has 1 heterocycles. The molecule has 22 heavy (non-hydrogen) atoms. The maximum Gasteiger partial charge on any atom is 0.354 e. The van der Waals surface area contributed by atoms with Gasteiger partial charge in [-0.2, -0.15) is 5.10 Å². The molecule has 0 aliphatic rings. The number of hydrogen-bond donors (Lipinski definition) is 1. The second-order valence-electron chi connectivity index (χ2n) is 4.70. The number of carboxylic acids is 1. The number of ether oxygens (including phenoxy) is 1. The van der Waals surface area contributed by atoms with E-state index in [1.54, 1.807) is 37.4 Å². The number of methoxy groups -OCH3 is 1. The summed E-state index contributed by atoms with van der Waals surface area (Å²) in [5.41, 5.74) is 2.27. The first-order chi connectivity index (χ1) is 10.7. The zero-order chi connectivity index (χ0) is 15.5. The van der Waals surface area contributed by atoms with Gasteiger partial charge in [-0.15, -0.1) is 0 Å². The molecule has 2 aromatic carbocycles. The Labute approximate surface area is 127 Å². The molecular formula is C17H14N2O3. The van der Waals surface area contributed by atoms with Crippen molar-refractivity contribution in [2.45, 2.75) is 0 Å². The van der Waals surface area contributed by atoms with E-state index in [9.17, 15) is 9.90 Å². The molecule has 0 aliphatic heterocycles. The van der Waals surface area contributed by atoms with Gasteiger partial charge >= 0.3 is 5.97 Å². The number of rotatable bonds is 4. The molecule has 0 unspecified atom stereocenters. The number of nitrogens with zero attached hydrogens (tertiary/aromatic N) is 2. The third-order valence-electron chi connectivity index (χ3n) is 3.32. The minimum absolute atomic E-state index is 0.115. The van der Waals surface area contributed by atoms with Gasteiger partial charge < -0.3 is 9.84 Å². The Morgan fingerprint density at radius 3 is 2.36 bits per heavy atom. The van der Waals surface area contributed by atoms with Gasteiger partial charge in [0.05, 0.1) is 18.5 Å². The van der Waals surface area contributed by atoms with E-state index in [1.165, 1.54) is 4.68 Å². The van der Waals surface area contributed by atoms with E-state index >= 15 is 0 Å². The lowest BCUT2D eigenvalue weighted by molar-refractivity contribution is 0.0687. The average molecular weight is 294 g/mol. The predicted molar refractivity (Wildman–Crippen MR) is 82.5 cm³/mol. The third kappa shape index (κ3) is 2.56. The first-order valence-electron chi connectivity index (χ1n) is 6.72.